The predicted molar refractivity (Wildman–Crippen MR) is 80.2 cm³/mol. The summed E-state index contributed by atoms with van der Waals surface area (Å²) in [6, 6.07) is 13.1. The van der Waals surface area contributed by atoms with Crippen LogP contribution in [0.3, 0.4) is 0 Å². The average Bonchev–Trinajstić information content (AvgIpc) is 2.41. The molecular weight excluding hydrogens is 359 g/mol. The molecule has 0 heterocycles. The Balaban J connectivity index is 2.20. The number of carbonyl (C=O) groups is 1. The molecule has 0 aliphatic rings. The Hall–Kier alpha value is -1.96. The molecule has 0 saturated heterocycles. The lowest BCUT2D eigenvalue weighted by Crippen LogP contribution is -2.12. The van der Waals surface area contributed by atoms with E-state index in [2.05, 4.69) is 5.32 Å². The number of halogens is 1. The molecule has 0 aliphatic carbocycles. The van der Waals surface area contributed by atoms with Crippen LogP contribution in [0.15, 0.2) is 48.5 Å². The van der Waals surface area contributed by atoms with Crippen molar-refractivity contribution in [2.24, 2.45) is 0 Å². The maximum Gasteiger partial charge on any atom is 0.270 e. The lowest BCUT2D eigenvalue weighted by atomic mass is 10.2. The van der Waals surface area contributed by atoms with Crippen molar-refractivity contribution in [1.29, 1.82) is 0 Å². The lowest BCUT2D eigenvalue weighted by molar-refractivity contribution is -0.384. The number of non-ortho nitro benzene ring substituents is 1. The van der Waals surface area contributed by atoms with Gasteiger partial charge >= 0.3 is 0 Å². The van der Waals surface area contributed by atoms with Crippen LogP contribution in [0.2, 0.25) is 0 Å². The first-order valence-electron chi connectivity index (χ1n) is 5.38. The molecule has 96 valence electrons. The molecule has 0 aliphatic heterocycles. The fourth-order valence-corrected chi connectivity index (χ4v) is 2.14. The molecule has 0 fully saturated rings. The minimum Gasteiger partial charge on any atom is -0.321 e. The van der Waals surface area contributed by atoms with Gasteiger partial charge in [0.1, 0.15) is 0 Å². The van der Waals surface area contributed by atoms with E-state index in [1.165, 1.54) is 18.2 Å². The molecule has 2 rings (SSSR count). The van der Waals surface area contributed by atoms with E-state index in [4.69, 9.17) is 0 Å². The molecule has 0 unspecified atom stereocenters. The second kappa shape index (κ2) is 5.79. The summed E-state index contributed by atoms with van der Waals surface area (Å²) in [5, 5.41) is 13.3. The first-order chi connectivity index (χ1) is 9.08. The van der Waals surface area contributed by atoms with E-state index < -0.39 is 4.92 Å². The first kappa shape index (κ1) is 13.5. The van der Waals surface area contributed by atoms with Gasteiger partial charge in [-0.25, -0.2) is 0 Å². The third-order valence-corrected chi connectivity index (χ3v) is 3.34. The molecule has 0 atom stereocenters. The van der Waals surface area contributed by atoms with Crippen molar-refractivity contribution in [2.45, 2.75) is 0 Å². The van der Waals surface area contributed by atoms with Crippen LogP contribution in [-0.4, -0.2) is 10.8 Å². The molecule has 0 aromatic heterocycles. The van der Waals surface area contributed by atoms with Gasteiger partial charge in [-0.05, 0) is 40.8 Å². The van der Waals surface area contributed by atoms with Crippen LogP contribution in [0.5, 0.6) is 0 Å². The number of amides is 1. The van der Waals surface area contributed by atoms with Gasteiger partial charge in [0, 0.05) is 21.3 Å². The first-order valence-corrected chi connectivity index (χ1v) is 6.46. The number of benzene rings is 2. The van der Waals surface area contributed by atoms with Crippen LogP contribution in [-0.2, 0) is 0 Å². The summed E-state index contributed by atoms with van der Waals surface area (Å²) in [7, 11) is 0. The minimum atomic E-state index is -0.467. The van der Waals surface area contributed by atoms with Crippen LogP contribution in [0.4, 0.5) is 11.4 Å². The summed E-state index contributed by atoms with van der Waals surface area (Å²) in [5.74, 6) is -0.243. The number of nitrogens with one attached hydrogen (secondary N) is 1. The van der Waals surface area contributed by atoms with Gasteiger partial charge in [-0.15, -0.1) is 0 Å². The molecule has 19 heavy (non-hydrogen) atoms. The largest absolute Gasteiger partial charge is 0.321 e. The smallest absolute Gasteiger partial charge is 0.270 e. The van der Waals surface area contributed by atoms with E-state index in [9.17, 15) is 14.9 Å². The van der Waals surface area contributed by atoms with Crippen molar-refractivity contribution in [3.8, 4) is 0 Å². The Kier molecular flexibility index (Phi) is 4.10. The third-order valence-electron chi connectivity index (χ3n) is 2.45. The van der Waals surface area contributed by atoms with Gasteiger partial charge in [0.15, 0.2) is 0 Å². The van der Waals surface area contributed by atoms with Crippen LogP contribution in [0.1, 0.15) is 10.4 Å². The highest BCUT2D eigenvalue weighted by Crippen LogP contribution is 2.24. The molecule has 0 saturated carbocycles. The summed E-state index contributed by atoms with van der Waals surface area (Å²) in [6.07, 6.45) is 0. The quantitative estimate of drug-likeness (QED) is 0.513. The van der Waals surface area contributed by atoms with Gasteiger partial charge in [-0.2, -0.15) is 0 Å². The van der Waals surface area contributed by atoms with Crippen LogP contribution in [0, 0.1) is 13.7 Å². The van der Waals surface area contributed by atoms with E-state index in [0.29, 0.717) is 14.8 Å². The fraction of sp³-hybridized carbons (Fsp3) is 0. The van der Waals surface area contributed by atoms with Gasteiger partial charge in [0.2, 0.25) is 0 Å². The fourth-order valence-electron chi connectivity index (χ4n) is 1.50. The molecule has 0 spiro atoms. The molecule has 2 aromatic rings. The summed E-state index contributed by atoms with van der Waals surface area (Å²) in [4.78, 5) is 22.1. The average molecular weight is 368 g/mol. The second-order valence-electron chi connectivity index (χ2n) is 3.74. The van der Waals surface area contributed by atoms with Crippen molar-refractivity contribution < 1.29 is 9.72 Å². The van der Waals surface area contributed by atoms with E-state index in [-0.39, 0.29) is 11.6 Å². The zero-order chi connectivity index (χ0) is 13.8. The van der Waals surface area contributed by atoms with Crippen molar-refractivity contribution in [3.63, 3.8) is 0 Å². The Morgan fingerprint density at radius 2 is 1.84 bits per heavy atom. The number of nitro groups is 1. The molecule has 1 amide bonds. The number of rotatable bonds is 3. The van der Waals surface area contributed by atoms with Gasteiger partial charge < -0.3 is 5.32 Å². The topological polar surface area (TPSA) is 72.2 Å². The number of nitro benzene ring substituents is 1. The number of hydrogen-bond donors (Lipinski definition) is 1. The molecular formula is C13H9IN2O3. The molecule has 0 radical (unpaired) electrons. The van der Waals surface area contributed by atoms with E-state index >= 15 is 0 Å². The maximum absolute atomic E-state index is 11.9. The van der Waals surface area contributed by atoms with Gasteiger partial charge in [-0.3, -0.25) is 14.9 Å². The number of hydrogen-bond acceptors (Lipinski definition) is 3. The highest BCUT2D eigenvalue weighted by Gasteiger charge is 2.11. The van der Waals surface area contributed by atoms with Crippen molar-refractivity contribution in [1.82, 2.24) is 0 Å². The van der Waals surface area contributed by atoms with Crippen molar-refractivity contribution in [2.75, 3.05) is 5.32 Å². The van der Waals surface area contributed by atoms with E-state index in [0.717, 1.165) is 0 Å². The van der Waals surface area contributed by atoms with Crippen LogP contribution in [0.25, 0.3) is 0 Å². The monoisotopic (exact) mass is 368 g/mol. The van der Waals surface area contributed by atoms with Gasteiger partial charge in [0.25, 0.3) is 11.6 Å². The standard InChI is InChI=1S/C13H9IN2O3/c14-11-8-10(16(18)19)6-7-12(11)15-13(17)9-4-2-1-3-5-9/h1-8H,(H,15,17). The van der Waals surface area contributed by atoms with Gasteiger partial charge in [-0.1, -0.05) is 18.2 Å². The third kappa shape index (κ3) is 3.28. The predicted octanol–water partition coefficient (Wildman–Crippen LogP) is 3.45. The lowest BCUT2D eigenvalue weighted by Gasteiger charge is -2.07. The second-order valence-corrected chi connectivity index (χ2v) is 4.90. The van der Waals surface area contributed by atoms with Crippen molar-refractivity contribution >= 4 is 39.9 Å². The summed E-state index contributed by atoms with van der Waals surface area (Å²) < 4.78 is 0.621. The normalized spacial score (nSPS) is 9.95. The number of nitrogens with zero attached hydrogens (tertiary/aromatic N) is 1. The van der Waals surface area contributed by atoms with E-state index in [1.807, 2.05) is 28.7 Å². The SMILES string of the molecule is O=C(Nc1ccc([N+](=O)[O-])cc1I)c1ccccc1. The number of anilines is 1. The molecule has 6 heteroatoms. The highest BCUT2D eigenvalue weighted by molar-refractivity contribution is 14.1. The summed E-state index contributed by atoms with van der Waals surface area (Å²) in [6.45, 7) is 0. The summed E-state index contributed by atoms with van der Waals surface area (Å²) >= 11 is 1.95. The number of carbonyl (C=O) groups excluding carboxylic acids is 1. The Labute approximate surface area is 122 Å². The maximum atomic E-state index is 11.9. The van der Waals surface area contributed by atoms with Crippen LogP contribution < -0.4 is 5.32 Å². The molecule has 0 bridgehead atoms. The Morgan fingerprint density at radius 1 is 1.16 bits per heavy atom. The zero-order valence-electron chi connectivity index (χ0n) is 9.67. The molecule has 1 N–H and O–H groups in total. The van der Waals surface area contributed by atoms with Gasteiger partial charge in [0.05, 0.1) is 10.6 Å². The minimum absolute atomic E-state index is 0.00195. The van der Waals surface area contributed by atoms with Crippen LogP contribution >= 0.6 is 22.6 Å². The zero-order valence-corrected chi connectivity index (χ0v) is 11.8. The van der Waals surface area contributed by atoms with E-state index in [1.54, 1.807) is 24.3 Å². The Morgan fingerprint density at radius 3 is 2.42 bits per heavy atom. The Bertz CT molecular complexity index is 629. The molecule has 5 nitrogen and oxygen atoms in total. The molecule has 2 aromatic carbocycles. The van der Waals surface area contributed by atoms with Crippen molar-refractivity contribution in [3.05, 3.63) is 67.8 Å². The summed E-state index contributed by atoms with van der Waals surface area (Å²) in [5.41, 5.74) is 1.10. The highest BCUT2D eigenvalue weighted by atomic mass is 127.